The highest BCUT2D eigenvalue weighted by molar-refractivity contribution is 5.37. The van der Waals surface area contributed by atoms with E-state index < -0.39 is 0 Å². The van der Waals surface area contributed by atoms with Gasteiger partial charge in [0, 0.05) is 0 Å². The minimum atomic E-state index is 0.543. The Morgan fingerprint density at radius 2 is 1.40 bits per heavy atom. The molecule has 0 radical (unpaired) electrons. The number of rotatable bonds is 0. The molecule has 15 heavy (non-hydrogen) atoms. The average molecular weight is 206 g/mol. The molecule has 3 saturated carbocycles. The molecule has 0 aromatic carbocycles. The van der Waals surface area contributed by atoms with Gasteiger partial charge in [0.05, 0.1) is 0 Å². The van der Waals surface area contributed by atoms with Crippen molar-refractivity contribution in [2.75, 3.05) is 0 Å². The van der Waals surface area contributed by atoms with Crippen molar-refractivity contribution in [3.8, 4) is 0 Å². The third-order valence-electron chi connectivity index (χ3n) is 8.49. The summed E-state index contributed by atoms with van der Waals surface area (Å²) in [5, 5.41) is 0. The molecule has 3 aliphatic carbocycles. The zero-order valence-electron chi connectivity index (χ0n) is 11.4. The second kappa shape index (κ2) is 2.05. The number of hydrogen-bond donors (Lipinski definition) is 0. The molecular weight excluding hydrogens is 180 g/mol. The summed E-state index contributed by atoms with van der Waals surface area (Å²) in [6, 6.07) is 0. The van der Waals surface area contributed by atoms with E-state index in [1.165, 1.54) is 6.42 Å². The summed E-state index contributed by atoms with van der Waals surface area (Å²) < 4.78 is 0. The third-order valence-corrected chi connectivity index (χ3v) is 8.49. The Morgan fingerprint density at radius 1 is 0.867 bits per heavy atom. The summed E-state index contributed by atoms with van der Waals surface area (Å²) in [5.41, 5.74) is 2.44. The SMILES string of the molecule is CC1CC2C1(C)C1(C)C(C)(C)C(C)C21C. The van der Waals surface area contributed by atoms with Gasteiger partial charge in [-0.25, -0.2) is 0 Å². The zero-order valence-corrected chi connectivity index (χ0v) is 11.4. The fourth-order valence-corrected chi connectivity index (χ4v) is 6.81. The smallest absolute Gasteiger partial charge is 0.0153 e. The highest BCUT2D eigenvalue weighted by Crippen LogP contribution is 2.95. The van der Waals surface area contributed by atoms with Crippen molar-refractivity contribution < 1.29 is 0 Å². The van der Waals surface area contributed by atoms with E-state index in [1.54, 1.807) is 0 Å². The molecule has 6 atom stereocenters. The molecule has 3 rings (SSSR count). The van der Waals surface area contributed by atoms with Gasteiger partial charge in [0.2, 0.25) is 0 Å². The molecule has 0 spiro atoms. The Hall–Kier alpha value is 0. The molecule has 0 heteroatoms. The Balaban J connectivity index is 2.10. The van der Waals surface area contributed by atoms with Crippen LogP contribution in [0.3, 0.4) is 0 Å². The Kier molecular flexibility index (Phi) is 1.39. The van der Waals surface area contributed by atoms with Crippen molar-refractivity contribution in [1.82, 2.24) is 0 Å². The lowest BCUT2D eigenvalue weighted by Gasteiger charge is -2.95. The maximum absolute atomic E-state index is 2.58. The lowest BCUT2D eigenvalue weighted by Crippen LogP contribution is -2.90. The Bertz CT molecular complexity index is 330. The minimum Gasteiger partial charge on any atom is -0.0619 e. The van der Waals surface area contributed by atoms with E-state index in [0.29, 0.717) is 21.7 Å². The highest BCUT2D eigenvalue weighted by Gasteiger charge is 2.90. The molecule has 0 aromatic rings. The molecule has 3 fully saturated rings. The lowest BCUT2D eigenvalue weighted by molar-refractivity contribution is -0.476. The molecule has 86 valence electrons. The first kappa shape index (κ1) is 10.2. The van der Waals surface area contributed by atoms with Crippen LogP contribution < -0.4 is 0 Å². The summed E-state index contributed by atoms with van der Waals surface area (Å²) in [6.07, 6.45) is 1.49. The molecule has 6 unspecified atom stereocenters. The van der Waals surface area contributed by atoms with E-state index in [4.69, 9.17) is 0 Å². The Morgan fingerprint density at radius 3 is 1.87 bits per heavy atom. The molecule has 0 saturated heterocycles. The van der Waals surface area contributed by atoms with Crippen LogP contribution in [0.2, 0.25) is 0 Å². The Labute approximate surface area is 94.8 Å². The van der Waals surface area contributed by atoms with Crippen LogP contribution in [0.4, 0.5) is 0 Å². The quantitative estimate of drug-likeness (QED) is 0.553. The zero-order chi connectivity index (χ0) is 11.4. The van der Waals surface area contributed by atoms with Crippen LogP contribution in [0.15, 0.2) is 0 Å². The largest absolute Gasteiger partial charge is 0.0619 e. The van der Waals surface area contributed by atoms with Crippen molar-refractivity contribution in [2.24, 2.45) is 39.4 Å². The minimum absolute atomic E-state index is 0.543. The summed E-state index contributed by atoms with van der Waals surface area (Å²) >= 11 is 0. The monoisotopic (exact) mass is 206 g/mol. The highest BCUT2D eigenvalue weighted by atomic mass is 14.9. The molecule has 0 aliphatic heterocycles. The predicted octanol–water partition coefficient (Wildman–Crippen LogP) is 4.35. The summed E-state index contributed by atoms with van der Waals surface area (Å²) in [6.45, 7) is 17.7. The number of hydrogen-bond acceptors (Lipinski definition) is 0. The first-order chi connectivity index (χ1) is 6.66. The molecule has 0 bridgehead atoms. The first-order valence-corrected chi connectivity index (χ1v) is 6.66. The van der Waals surface area contributed by atoms with Crippen LogP contribution in [-0.4, -0.2) is 0 Å². The van der Waals surface area contributed by atoms with Gasteiger partial charge >= 0.3 is 0 Å². The summed E-state index contributed by atoms with van der Waals surface area (Å²) in [4.78, 5) is 0. The van der Waals surface area contributed by atoms with E-state index in [2.05, 4.69) is 48.5 Å². The van der Waals surface area contributed by atoms with E-state index in [9.17, 15) is 0 Å². The van der Waals surface area contributed by atoms with Crippen molar-refractivity contribution in [3.63, 3.8) is 0 Å². The summed E-state index contributed by atoms with van der Waals surface area (Å²) in [7, 11) is 0. The molecular formula is C15H26. The molecule has 0 aromatic heterocycles. The first-order valence-electron chi connectivity index (χ1n) is 6.66. The standard InChI is InChI=1S/C15H26/c1-9-8-11-13(9,5)15(7)12(3,4)10(2)14(11,15)6/h9-11H,8H2,1-7H3. The van der Waals surface area contributed by atoms with Gasteiger partial charge in [-0.2, -0.15) is 0 Å². The second-order valence-electron chi connectivity index (χ2n) is 7.82. The predicted molar refractivity (Wildman–Crippen MR) is 64.5 cm³/mol. The van der Waals surface area contributed by atoms with Crippen molar-refractivity contribution in [2.45, 2.75) is 54.9 Å². The molecule has 3 aliphatic rings. The van der Waals surface area contributed by atoms with Crippen molar-refractivity contribution in [3.05, 3.63) is 0 Å². The second-order valence-corrected chi connectivity index (χ2v) is 7.82. The average Bonchev–Trinajstić information content (AvgIpc) is 2.20. The molecule has 0 nitrogen and oxygen atoms in total. The maximum Gasteiger partial charge on any atom is -0.0153 e. The van der Waals surface area contributed by atoms with Gasteiger partial charge < -0.3 is 0 Å². The molecule has 0 amide bonds. The van der Waals surface area contributed by atoms with E-state index >= 15 is 0 Å². The van der Waals surface area contributed by atoms with Gasteiger partial charge in [0.15, 0.2) is 0 Å². The van der Waals surface area contributed by atoms with Crippen LogP contribution in [0, 0.1) is 39.4 Å². The topological polar surface area (TPSA) is 0 Å². The van der Waals surface area contributed by atoms with E-state index in [1.807, 2.05) is 0 Å². The van der Waals surface area contributed by atoms with Crippen molar-refractivity contribution in [1.29, 1.82) is 0 Å². The van der Waals surface area contributed by atoms with Crippen LogP contribution in [0.1, 0.15) is 54.9 Å². The van der Waals surface area contributed by atoms with E-state index in [-0.39, 0.29) is 0 Å². The van der Waals surface area contributed by atoms with Gasteiger partial charge in [-0.05, 0) is 45.8 Å². The maximum atomic E-state index is 2.58. The summed E-state index contributed by atoms with van der Waals surface area (Å²) in [5.74, 6) is 2.88. The van der Waals surface area contributed by atoms with Gasteiger partial charge in [0.25, 0.3) is 0 Å². The van der Waals surface area contributed by atoms with Crippen LogP contribution in [0.5, 0.6) is 0 Å². The van der Waals surface area contributed by atoms with Gasteiger partial charge in [-0.1, -0.05) is 48.5 Å². The molecule has 0 N–H and O–H groups in total. The van der Waals surface area contributed by atoms with Crippen LogP contribution in [0.25, 0.3) is 0 Å². The van der Waals surface area contributed by atoms with E-state index in [0.717, 1.165) is 17.8 Å². The fraction of sp³-hybridized carbons (Fsp3) is 1.00. The van der Waals surface area contributed by atoms with Crippen LogP contribution in [-0.2, 0) is 0 Å². The fourth-order valence-electron chi connectivity index (χ4n) is 6.81. The molecule has 0 heterocycles. The normalized spacial score (nSPS) is 69.4. The lowest BCUT2D eigenvalue weighted by atomic mass is 9.09. The van der Waals surface area contributed by atoms with Gasteiger partial charge in [0.1, 0.15) is 0 Å². The number of fused-ring (bicyclic) bond motifs is 4. The van der Waals surface area contributed by atoms with Gasteiger partial charge in [-0.3, -0.25) is 0 Å². The van der Waals surface area contributed by atoms with Gasteiger partial charge in [-0.15, -0.1) is 0 Å². The third kappa shape index (κ3) is 0.542. The van der Waals surface area contributed by atoms with Crippen molar-refractivity contribution >= 4 is 0 Å². The van der Waals surface area contributed by atoms with Crippen LogP contribution >= 0.6 is 0 Å².